The largest absolute Gasteiger partial charge is 0.486 e. The van der Waals surface area contributed by atoms with Gasteiger partial charge in [0.1, 0.15) is 18.1 Å². The van der Waals surface area contributed by atoms with E-state index in [0.29, 0.717) is 54.8 Å². The maximum atomic E-state index is 13.9. The fourth-order valence-electron chi connectivity index (χ4n) is 3.46. The molecule has 5 nitrogen and oxygen atoms in total. The Hall–Kier alpha value is -2.90. The van der Waals surface area contributed by atoms with Gasteiger partial charge in [0.25, 0.3) is 5.91 Å². The summed E-state index contributed by atoms with van der Waals surface area (Å²) < 4.78 is 38.6. The highest BCUT2D eigenvalue weighted by Gasteiger charge is 2.25. The topological polar surface area (TPSA) is 45.9 Å². The summed E-state index contributed by atoms with van der Waals surface area (Å²) in [6, 6.07) is 14.6. The highest BCUT2D eigenvalue weighted by Crippen LogP contribution is 2.20. The first kappa shape index (κ1) is 21.3. The molecule has 1 aromatic heterocycles. The third-order valence-electron chi connectivity index (χ3n) is 5.13. The highest BCUT2D eigenvalue weighted by atomic mass is 35.5. The number of piperazine rings is 1. The van der Waals surface area contributed by atoms with Crippen LogP contribution in [0.4, 0.5) is 8.78 Å². The van der Waals surface area contributed by atoms with E-state index in [1.165, 1.54) is 6.07 Å². The Labute approximate surface area is 183 Å². The van der Waals surface area contributed by atoms with Crippen molar-refractivity contribution in [3.8, 4) is 5.75 Å². The standard InChI is InChI=1S/C23H21ClF2N2O3/c24-17-4-2-5-18(13-17)30-15-19-7-8-21(31-19)23(29)28-11-9-27(10-12-28)14-16-3-1-6-20(25)22(16)26/h1-8,13H,9-12,14-15H2. The number of amides is 1. The van der Waals surface area contributed by atoms with Gasteiger partial charge in [0.05, 0.1) is 0 Å². The van der Waals surface area contributed by atoms with Gasteiger partial charge in [-0.25, -0.2) is 8.78 Å². The molecule has 0 atom stereocenters. The molecule has 1 aliphatic rings. The van der Waals surface area contributed by atoms with Crippen LogP contribution in [-0.4, -0.2) is 41.9 Å². The van der Waals surface area contributed by atoms with Crippen LogP contribution in [0.15, 0.2) is 59.0 Å². The molecule has 1 saturated heterocycles. The van der Waals surface area contributed by atoms with Gasteiger partial charge < -0.3 is 14.1 Å². The third kappa shape index (κ3) is 5.24. The zero-order valence-electron chi connectivity index (χ0n) is 16.7. The molecule has 0 aliphatic carbocycles. The lowest BCUT2D eigenvalue weighted by molar-refractivity contribution is 0.0592. The van der Waals surface area contributed by atoms with Crippen LogP contribution >= 0.6 is 11.6 Å². The van der Waals surface area contributed by atoms with Gasteiger partial charge >= 0.3 is 0 Å². The number of hydrogen-bond donors (Lipinski definition) is 0. The molecule has 0 spiro atoms. The molecule has 162 valence electrons. The fourth-order valence-corrected chi connectivity index (χ4v) is 3.64. The molecular formula is C23H21ClF2N2O3. The van der Waals surface area contributed by atoms with Crippen LogP contribution in [0.1, 0.15) is 21.9 Å². The average molecular weight is 447 g/mol. The van der Waals surface area contributed by atoms with Crippen molar-refractivity contribution in [2.45, 2.75) is 13.2 Å². The molecule has 2 aromatic carbocycles. The van der Waals surface area contributed by atoms with Crippen LogP contribution in [0.25, 0.3) is 0 Å². The fraction of sp³-hybridized carbons (Fsp3) is 0.261. The maximum Gasteiger partial charge on any atom is 0.289 e. The second kappa shape index (κ2) is 9.49. The minimum atomic E-state index is -0.848. The highest BCUT2D eigenvalue weighted by molar-refractivity contribution is 6.30. The summed E-state index contributed by atoms with van der Waals surface area (Å²) in [5.41, 5.74) is 0.315. The van der Waals surface area contributed by atoms with Gasteiger partial charge in [0.2, 0.25) is 0 Å². The van der Waals surface area contributed by atoms with Crippen molar-refractivity contribution in [2.24, 2.45) is 0 Å². The molecule has 0 saturated carbocycles. The van der Waals surface area contributed by atoms with Gasteiger partial charge in [-0.05, 0) is 36.4 Å². The monoisotopic (exact) mass is 446 g/mol. The average Bonchev–Trinajstić information content (AvgIpc) is 3.25. The molecule has 1 fully saturated rings. The van der Waals surface area contributed by atoms with Gasteiger partial charge in [-0.3, -0.25) is 9.69 Å². The molecular weight excluding hydrogens is 426 g/mol. The molecule has 3 aromatic rings. The van der Waals surface area contributed by atoms with Crippen LogP contribution in [0, 0.1) is 11.6 Å². The summed E-state index contributed by atoms with van der Waals surface area (Å²) in [6.45, 7) is 2.56. The Morgan fingerprint density at radius 2 is 1.81 bits per heavy atom. The summed E-state index contributed by atoms with van der Waals surface area (Å²) in [4.78, 5) is 16.4. The van der Waals surface area contributed by atoms with Gasteiger partial charge in [-0.1, -0.05) is 29.8 Å². The maximum absolute atomic E-state index is 13.9. The Kier molecular flexibility index (Phi) is 6.53. The molecule has 31 heavy (non-hydrogen) atoms. The van der Waals surface area contributed by atoms with E-state index in [1.807, 2.05) is 4.90 Å². The van der Waals surface area contributed by atoms with Crippen molar-refractivity contribution in [3.05, 3.63) is 88.3 Å². The van der Waals surface area contributed by atoms with Crippen LogP contribution in [0.5, 0.6) is 5.75 Å². The molecule has 0 bridgehead atoms. The minimum Gasteiger partial charge on any atom is -0.486 e. The number of carbonyl (C=O) groups excluding carboxylic acids is 1. The van der Waals surface area contributed by atoms with Crippen molar-refractivity contribution in [2.75, 3.05) is 26.2 Å². The lowest BCUT2D eigenvalue weighted by Gasteiger charge is -2.34. The van der Waals surface area contributed by atoms with Gasteiger partial charge in [-0.2, -0.15) is 0 Å². The predicted molar refractivity (Wildman–Crippen MR) is 112 cm³/mol. The molecule has 1 aliphatic heterocycles. The van der Waals surface area contributed by atoms with Crippen LogP contribution in [-0.2, 0) is 13.2 Å². The number of carbonyl (C=O) groups is 1. The smallest absolute Gasteiger partial charge is 0.289 e. The summed E-state index contributed by atoms with van der Waals surface area (Å²) in [5, 5.41) is 0.576. The van der Waals surface area contributed by atoms with E-state index in [-0.39, 0.29) is 18.3 Å². The van der Waals surface area contributed by atoms with E-state index >= 15 is 0 Å². The Morgan fingerprint density at radius 1 is 1.03 bits per heavy atom. The lowest BCUT2D eigenvalue weighted by Crippen LogP contribution is -2.48. The summed E-state index contributed by atoms with van der Waals surface area (Å²) in [7, 11) is 0. The number of rotatable bonds is 6. The summed E-state index contributed by atoms with van der Waals surface area (Å²) >= 11 is 5.94. The minimum absolute atomic E-state index is 0.181. The zero-order valence-corrected chi connectivity index (χ0v) is 17.4. The molecule has 0 N–H and O–H groups in total. The number of furan rings is 1. The predicted octanol–water partition coefficient (Wildman–Crippen LogP) is 4.75. The normalized spacial score (nSPS) is 14.6. The first-order chi connectivity index (χ1) is 15.0. The SMILES string of the molecule is O=C(c1ccc(COc2cccc(Cl)c2)o1)N1CCN(Cc2cccc(F)c2F)CC1. The second-order valence-electron chi connectivity index (χ2n) is 7.29. The van der Waals surface area contributed by atoms with E-state index in [1.54, 1.807) is 47.4 Å². The second-order valence-corrected chi connectivity index (χ2v) is 7.73. The van der Waals surface area contributed by atoms with Crippen molar-refractivity contribution in [1.29, 1.82) is 0 Å². The van der Waals surface area contributed by atoms with E-state index in [9.17, 15) is 13.6 Å². The molecule has 0 unspecified atom stereocenters. The van der Waals surface area contributed by atoms with Crippen LogP contribution in [0.3, 0.4) is 0 Å². The van der Waals surface area contributed by atoms with Crippen molar-refractivity contribution >= 4 is 17.5 Å². The van der Waals surface area contributed by atoms with Gasteiger partial charge in [0.15, 0.2) is 17.4 Å². The Morgan fingerprint density at radius 3 is 2.58 bits per heavy atom. The van der Waals surface area contributed by atoms with E-state index in [4.69, 9.17) is 20.8 Å². The third-order valence-corrected chi connectivity index (χ3v) is 5.37. The zero-order chi connectivity index (χ0) is 21.8. The van der Waals surface area contributed by atoms with Crippen LogP contribution < -0.4 is 4.74 Å². The van der Waals surface area contributed by atoms with Crippen molar-refractivity contribution in [1.82, 2.24) is 9.80 Å². The molecule has 2 heterocycles. The van der Waals surface area contributed by atoms with Crippen molar-refractivity contribution < 1.29 is 22.7 Å². The van der Waals surface area contributed by atoms with Crippen molar-refractivity contribution in [3.63, 3.8) is 0 Å². The Balaban J connectivity index is 1.29. The quantitative estimate of drug-likeness (QED) is 0.548. The first-order valence-corrected chi connectivity index (χ1v) is 10.3. The molecule has 1 amide bonds. The lowest BCUT2D eigenvalue weighted by atomic mass is 10.1. The number of halogens is 3. The first-order valence-electron chi connectivity index (χ1n) is 9.91. The molecule has 4 rings (SSSR count). The number of nitrogens with zero attached hydrogens (tertiary/aromatic N) is 2. The van der Waals surface area contributed by atoms with Crippen LogP contribution in [0.2, 0.25) is 5.02 Å². The number of benzene rings is 2. The van der Waals surface area contributed by atoms with E-state index < -0.39 is 11.6 Å². The molecule has 0 radical (unpaired) electrons. The van der Waals surface area contributed by atoms with Gasteiger partial charge in [0, 0.05) is 43.3 Å². The summed E-state index contributed by atoms with van der Waals surface area (Å²) in [5.74, 6) is -0.477. The number of hydrogen-bond acceptors (Lipinski definition) is 4. The number of ether oxygens (including phenoxy) is 1. The van der Waals surface area contributed by atoms with E-state index in [0.717, 1.165) is 6.07 Å². The summed E-state index contributed by atoms with van der Waals surface area (Å²) in [6.07, 6.45) is 0. The molecule has 8 heteroatoms. The van der Waals surface area contributed by atoms with E-state index in [2.05, 4.69) is 0 Å². The Bertz CT molecular complexity index is 1060. The van der Waals surface area contributed by atoms with Gasteiger partial charge in [-0.15, -0.1) is 0 Å².